The van der Waals surface area contributed by atoms with E-state index in [0.29, 0.717) is 45.4 Å². The Morgan fingerprint density at radius 2 is 1.67 bits per heavy atom. The molecule has 3 aromatic rings. The van der Waals surface area contributed by atoms with E-state index in [9.17, 15) is 14.7 Å². The third-order valence-corrected chi connectivity index (χ3v) is 6.88. The third kappa shape index (κ3) is 3.84. The van der Waals surface area contributed by atoms with Gasteiger partial charge in [0.2, 0.25) is 11.7 Å². The minimum Gasteiger partial charge on any atom is -0.497 e. The molecular weight excluding hydrogens is 446 g/mol. The van der Waals surface area contributed by atoms with Gasteiger partial charge in [0, 0.05) is 28.3 Å². The van der Waals surface area contributed by atoms with Gasteiger partial charge in [-0.2, -0.15) is 0 Å². The van der Waals surface area contributed by atoms with Gasteiger partial charge in [0.1, 0.15) is 10.6 Å². The highest BCUT2D eigenvalue weighted by molar-refractivity contribution is 7.15. The minimum absolute atomic E-state index is 0.139. The number of thiophene rings is 1. The number of rotatable bonds is 7. The molecule has 1 atom stereocenters. The molecule has 4 rings (SSSR count). The number of carboxylic acids is 1. The Labute approximate surface area is 194 Å². The van der Waals surface area contributed by atoms with Crippen molar-refractivity contribution in [2.45, 2.75) is 12.3 Å². The quantitative estimate of drug-likeness (QED) is 0.520. The molecule has 2 aromatic carbocycles. The van der Waals surface area contributed by atoms with Crippen molar-refractivity contribution in [3.63, 3.8) is 0 Å². The van der Waals surface area contributed by atoms with Crippen molar-refractivity contribution in [3.8, 4) is 34.1 Å². The highest BCUT2D eigenvalue weighted by atomic mass is 32.1. The van der Waals surface area contributed by atoms with E-state index in [4.69, 9.17) is 18.9 Å². The van der Waals surface area contributed by atoms with E-state index in [1.54, 1.807) is 37.4 Å². The first-order valence-electron chi connectivity index (χ1n) is 10.1. The predicted molar refractivity (Wildman–Crippen MR) is 124 cm³/mol. The number of benzene rings is 2. The van der Waals surface area contributed by atoms with Gasteiger partial charge < -0.3 is 29.4 Å². The number of hydrogen-bond acceptors (Lipinski definition) is 7. The predicted octanol–water partition coefficient (Wildman–Crippen LogP) is 4.62. The van der Waals surface area contributed by atoms with Crippen LogP contribution in [0.5, 0.6) is 23.0 Å². The van der Waals surface area contributed by atoms with E-state index < -0.39 is 11.9 Å². The molecule has 9 heteroatoms. The molecule has 1 unspecified atom stereocenters. The standard InChI is InChI=1S/C24H23NO7S/c1-29-13-7-5-12(6-8-13)18-19-22(33-23(18)24(27)28)15(11-17(26)25-19)14-9-10-16(30-2)21(32-4)20(14)31-3/h5-10,15H,11H2,1-4H3,(H,25,26)(H,27,28). The Balaban J connectivity index is 1.94. The van der Waals surface area contributed by atoms with Crippen molar-refractivity contribution in [2.75, 3.05) is 33.8 Å². The topological polar surface area (TPSA) is 103 Å². The molecule has 1 amide bonds. The lowest BCUT2D eigenvalue weighted by atomic mass is 9.87. The zero-order chi connectivity index (χ0) is 23.7. The molecule has 8 nitrogen and oxygen atoms in total. The maximum atomic E-state index is 12.8. The second-order valence-corrected chi connectivity index (χ2v) is 8.36. The van der Waals surface area contributed by atoms with E-state index in [2.05, 4.69) is 5.32 Å². The third-order valence-electron chi connectivity index (χ3n) is 5.59. The van der Waals surface area contributed by atoms with Gasteiger partial charge in [0.15, 0.2) is 11.5 Å². The first-order valence-corrected chi connectivity index (χ1v) is 10.9. The van der Waals surface area contributed by atoms with E-state index in [1.807, 2.05) is 6.07 Å². The summed E-state index contributed by atoms with van der Waals surface area (Å²) in [6.07, 6.45) is 0.139. The second-order valence-electron chi connectivity index (χ2n) is 7.31. The van der Waals surface area contributed by atoms with Crippen molar-refractivity contribution >= 4 is 28.9 Å². The molecule has 172 valence electrons. The van der Waals surface area contributed by atoms with Gasteiger partial charge in [-0.05, 0) is 23.8 Å². The van der Waals surface area contributed by atoms with Crippen LogP contribution in [0, 0.1) is 0 Å². The maximum absolute atomic E-state index is 12.8. The number of methoxy groups -OCH3 is 4. The summed E-state index contributed by atoms with van der Waals surface area (Å²) in [5.74, 6) is 0.306. The number of nitrogens with one attached hydrogen (secondary N) is 1. The molecule has 0 fully saturated rings. The lowest BCUT2D eigenvalue weighted by Gasteiger charge is -2.26. The SMILES string of the molecule is COc1ccc(-c2c(C(=O)O)sc3c2NC(=O)CC3c2ccc(OC)c(OC)c2OC)cc1. The van der Waals surface area contributed by atoms with Crippen LogP contribution in [-0.4, -0.2) is 45.4 Å². The minimum atomic E-state index is -1.06. The number of aromatic carboxylic acids is 1. The lowest BCUT2D eigenvalue weighted by Crippen LogP contribution is -2.23. The monoisotopic (exact) mass is 469 g/mol. The van der Waals surface area contributed by atoms with Gasteiger partial charge in [0.25, 0.3) is 0 Å². The molecule has 0 spiro atoms. The molecule has 0 saturated carbocycles. The van der Waals surface area contributed by atoms with E-state index in [1.165, 1.54) is 21.3 Å². The van der Waals surface area contributed by atoms with Crippen LogP contribution in [0.3, 0.4) is 0 Å². The fraction of sp³-hybridized carbons (Fsp3) is 0.250. The zero-order valence-corrected chi connectivity index (χ0v) is 19.4. The Bertz CT molecular complexity index is 1220. The normalized spacial score (nSPS) is 14.8. The molecule has 2 N–H and O–H groups in total. The summed E-state index contributed by atoms with van der Waals surface area (Å²) in [6.45, 7) is 0. The van der Waals surface area contributed by atoms with Crippen LogP contribution in [0.1, 0.15) is 32.5 Å². The largest absolute Gasteiger partial charge is 0.497 e. The fourth-order valence-electron chi connectivity index (χ4n) is 4.12. The van der Waals surface area contributed by atoms with Crippen LogP contribution in [0.2, 0.25) is 0 Å². The molecule has 1 aromatic heterocycles. The number of amides is 1. The van der Waals surface area contributed by atoms with Crippen LogP contribution in [-0.2, 0) is 4.79 Å². The number of carboxylic acid groups (broad SMARTS) is 1. The number of ether oxygens (including phenoxy) is 4. The molecule has 33 heavy (non-hydrogen) atoms. The Kier molecular flexibility index (Phi) is 6.15. The zero-order valence-electron chi connectivity index (χ0n) is 18.6. The van der Waals surface area contributed by atoms with Gasteiger partial charge >= 0.3 is 5.97 Å². The maximum Gasteiger partial charge on any atom is 0.346 e. The smallest absolute Gasteiger partial charge is 0.346 e. The average Bonchev–Trinajstić information content (AvgIpc) is 3.22. The summed E-state index contributed by atoms with van der Waals surface area (Å²) in [5.41, 5.74) is 2.36. The van der Waals surface area contributed by atoms with E-state index >= 15 is 0 Å². The van der Waals surface area contributed by atoms with Crippen LogP contribution in [0.25, 0.3) is 11.1 Å². The first-order chi connectivity index (χ1) is 15.9. The number of carbonyl (C=O) groups excluding carboxylic acids is 1. The van der Waals surface area contributed by atoms with Crippen molar-refractivity contribution in [3.05, 3.63) is 51.7 Å². The van der Waals surface area contributed by atoms with Gasteiger partial charge in [0.05, 0.1) is 34.1 Å². The molecule has 0 aliphatic carbocycles. The number of hydrogen-bond donors (Lipinski definition) is 2. The Morgan fingerprint density at radius 1 is 0.970 bits per heavy atom. The summed E-state index contributed by atoms with van der Waals surface area (Å²) in [4.78, 5) is 25.8. The molecule has 2 heterocycles. The Morgan fingerprint density at radius 3 is 2.24 bits per heavy atom. The van der Waals surface area contributed by atoms with Crippen LogP contribution in [0.4, 0.5) is 5.69 Å². The molecule has 0 radical (unpaired) electrons. The molecular formula is C24H23NO7S. The number of anilines is 1. The van der Waals surface area contributed by atoms with Crippen LogP contribution in [0.15, 0.2) is 36.4 Å². The lowest BCUT2D eigenvalue weighted by molar-refractivity contribution is -0.116. The van der Waals surface area contributed by atoms with E-state index in [-0.39, 0.29) is 17.2 Å². The van der Waals surface area contributed by atoms with Gasteiger partial charge in [-0.25, -0.2) is 4.79 Å². The summed E-state index contributed by atoms with van der Waals surface area (Å²) in [7, 11) is 6.12. The second kappa shape index (κ2) is 9.03. The molecule has 0 saturated heterocycles. The summed E-state index contributed by atoms with van der Waals surface area (Å²) >= 11 is 1.15. The summed E-state index contributed by atoms with van der Waals surface area (Å²) in [5, 5.41) is 12.9. The van der Waals surface area contributed by atoms with Crippen molar-refractivity contribution in [1.29, 1.82) is 0 Å². The van der Waals surface area contributed by atoms with Gasteiger partial charge in [-0.3, -0.25) is 4.79 Å². The highest BCUT2D eigenvalue weighted by Gasteiger charge is 2.36. The van der Waals surface area contributed by atoms with Gasteiger partial charge in [-0.15, -0.1) is 11.3 Å². The fourth-order valence-corrected chi connectivity index (χ4v) is 5.36. The molecule has 1 aliphatic rings. The molecule has 1 aliphatic heterocycles. The van der Waals surface area contributed by atoms with Crippen molar-refractivity contribution < 1.29 is 33.6 Å². The average molecular weight is 470 g/mol. The highest BCUT2D eigenvalue weighted by Crippen LogP contribution is 2.53. The van der Waals surface area contributed by atoms with E-state index in [0.717, 1.165) is 16.2 Å². The number of carbonyl (C=O) groups is 2. The van der Waals surface area contributed by atoms with Crippen LogP contribution < -0.4 is 24.3 Å². The van der Waals surface area contributed by atoms with Crippen molar-refractivity contribution in [2.24, 2.45) is 0 Å². The van der Waals surface area contributed by atoms with Gasteiger partial charge in [-0.1, -0.05) is 18.2 Å². The van der Waals surface area contributed by atoms with Crippen molar-refractivity contribution in [1.82, 2.24) is 0 Å². The molecule has 0 bridgehead atoms. The summed E-state index contributed by atoms with van der Waals surface area (Å²) in [6, 6.07) is 10.6. The number of fused-ring (bicyclic) bond motifs is 1. The Hall–Kier alpha value is -3.72. The van der Waals surface area contributed by atoms with Crippen LogP contribution >= 0.6 is 11.3 Å². The summed E-state index contributed by atoms with van der Waals surface area (Å²) < 4.78 is 21.7. The first kappa shape index (κ1) is 22.5.